The Hall–Kier alpha value is -4.06. The van der Waals surface area contributed by atoms with E-state index in [2.05, 4.69) is 39.5 Å². The van der Waals surface area contributed by atoms with Crippen LogP contribution in [0, 0.1) is 0 Å². The van der Waals surface area contributed by atoms with E-state index in [4.69, 9.17) is 19.2 Å². The molecule has 0 saturated carbocycles. The second kappa shape index (κ2) is 9.67. The summed E-state index contributed by atoms with van der Waals surface area (Å²) < 4.78 is 16.6. The van der Waals surface area contributed by atoms with E-state index in [0.29, 0.717) is 35.3 Å². The third-order valence-corrected chi connectivity index (χ3v) is 7.51. The van der Waals surface area contributed by atoms with Crippen molar-refractivity contribution in [3.63, 3.8) is 0 Å². The molecule has 1 atom stereocenters. The molecule has 0 radical (unpaired) electrons. The SMILES string of the molecule is C=C(Cc1cc2c3c(c1)[C@@H](C)CC(C)(C)N3C(=O)C2=Nc1ccccc1)c1cc(OC)c(OC)c(OC)c1. The molecule has 196 valence electrons. The van der Waals surface area contributed by atoms with Crippen LogP contribution in [0.5, 0.6) is 17.2 Å². The smallest absolute Gasteiger partial charge is 0.278 e. The van der Waals surface area contributed by atoms with Gasteiger partial charge in [0.15, 0.2) is 11.5 Å². The summed E-state index contributed by atoms with van der Waals surface area (Å²) in [6, 6.07) is 17.8. The molecule has 2 aliphatic heterocycles. The quantitative estimate of drug-likeness (QED) is 0.354. The molecule has 6 nitrogen and oxygen atoms in total. The van der Waals surface area contributed by atoms with Crippen LogP contribution in [0.4, 0.5) is 11.4 Å². The highest BCUT2D eigenvalue weighted by molar-refractivity contribution is 6.55. The van der Waals surface area contributed by atoms with Gasteiger partial charge in [-0.05, 0) is 85.2 Å². The van der Waals surface area contributed by atoms with Gasteiger partial charge >= 0.3 is 0 Å². The number of benzene rings is 3. The Morgan fingerprint density at radius 3 is 2.29 bits per heavy atom. The fourth-order valence-electron chi connectivity index (χ4n) is 5.85. The number of anilines is 1. The van der Waals surface area contributed by atoms with Crippen LogP contribution >= 0.6 is 0 Å². The van der Waals surface area contributed by atoms with Gasteiger partial charge in [0.05, 0.1) is 32.7 Å². The van der Waals surface area contributed by atoms with Gasteiger partial charge in [0.1, 0.15) is 5.71 Å². The Bertz CT molecular complexity index is 1430. The van der Waals surface area contributed by atoms with Crippen molar-refractivity contribution in [3.8, 4) is 17.2 Å². The van der Waals surface area contributed by atoms with Gasteiger partial charge < -0.3 is 19.1 Å². The van der Waals surface area contributed by atoms with Gasteiger partial charge in [-0.25, -0.2) is 4.99 Å². The van der Waals surface area contributed by atoms with Crippen LogP contribution in [0.3, 0.4) is 0 Å². The molecular weight excluding hydrogens is 476 g/mol. The predicted molar refractivity (Wildman–Crippen MR) is 153 cm³/mol. The third-order valence-electron chi connectivity index (χ3n) is 7.51. The Morgan fingerprint density at radius 1 is 1.03 bits per heavy atom. The van der Waals surface area contributed by atoms with E-state index >= 15 is 0 Å². The molecule has 0 N–H and O–H groups in total. The van der Waals surface area contributed by atoms with Gasteiger partial charge in [-0.15, -0.1) is 0 Å². The summed E-state index contributed by atoms with van der Waals surface area (Å²) in [4.78, 5) is 20.6. The summed E-state index contributed by atoms with van der Waals surface area (Å²) in [7, 11) is 4.80. The number of aliphatic imine (C=N–C) groups is 1. The number of rotatable bonds is 7. The van der Waals surface area contributed by atoms with Crippen LogP contribution in [0.15, 0.2) is 66.2 Å². The molecule has 0 fully saturated rings. The summed E-state index contributed by atoms with van der Waals surface area (Å²) in [5.41, 5.74) is 6.92. The standard InChI is InChI=1S/C32H34N2O4/c1-19(22-16-26(36-5)30(38-7)27(17-22)37-6)13-21-14-24-20(2)18-32(3,4)34-29(24)25(15-21)28(31(34)35)33-23-11-9-8-10-12-23/h8-12,14-17,20H,1,13,18H2,2-7H3/t20-/m0/s1. The summed E-state index contributed by atoms with van der Waals surface area (Å²) in [5, 5.41) is 0. The van der Waals surface area contributed by atoms with Crippen molar-refractivity contribution in [1.29, 1.82) is 0 Å². The van der Waals surface area contributed by atoms with Gasteiger partial charge in [0, 0.05) is 11.1 Å². The van der Waals surface area contributed by atoms with Crippen LogP contribution in [-0.2, 0) is 11.2 Å². The molecule has 0 spiro atoms. The number of allylic oxidation sites excluding steroid dienone is 1. The van der Waals surface area contributed by atoms with Crippen LogP contribution in [0.2, 0.25) is 0 Å². The van der Waals surface area contributed by atoms with Gasteiger partial charge in [-0.3, -0.25) is 4.79 Å². The fraction of sp³-hybridized carbons (Fsp3) is 0.312. The maximum atomic E-state index is 13.8. The average molecular weight is 511 g/mol. The lowest BCUT2D eigenvalue weighted by atomic mass is 9.79. The Kier molecular flexibility index (Phi) is 6.51. The van der Waals surface area contributed by atoms with E-state index in [1.807, 2.05) is 47.4 Å². The van der Waals surface area contributed by atoms with Crippen molar-refractivity contribution in [2.45, 2.75) is 45.1 Å². The molecule has 0 unspecified atom stereocenters. The van der Waals surface area contributed by atoms with Gasteiger partial charge in [-0.2, -0.15) is 0 Å². The highest BCUT2D eigenvalue weighted by Crippen LogP contribution is 2.50. The van der Waals surface area contributed by atoms with E-state index in [-0.39, 0.29) is 11.4 Å². The average Bonchev–Trinajstić information content (AvgIpc) is 3.18. The Balaban J connectivity index is 1.60. The van der Waals surface area contributed by atoms with E-state index in [9.17, 15) is 4.79 Å². The van der Waals surface area contributed by atoms with E-state index in [0.717, 1.165) is 40.1 Å². The largest absolute Gasteiger partial charge is 0.493 e. The first kappa shape index (κ1) is 25.6. The summed E-state index contributed by atoms with van der Waals surface area (Å²) in [5.74, 6) is 1.98. The van der Waals surface area contributed by atoms with Crippen LogP contribution in [0.25, 0.3) is 5.57 Å². The van der Waals surface area contributed by atoms with Gasteiger partial charge in [0.25, 0.3) is 5.91 Å². The lowest BCUT2D eigenvalue weighted by molar-refractivity contribution is -0.113. The molecule has 0 saturated heterocycles. The first-order chi connectivity index (χ1) is 18.2. The molecular formula is C32H34N2O4. The number of methoxy groups -OCH3 is 3. The third kappa shape index (κ3) is 4.24. The zero-order chi connectivity index (χ0) is 27.2. The lowest BCUT2D eigenvalue weighted by Crippen LogP contribution is -2.50. The van der Waals surface area contributed by atoms with Crippen molar-refractivity contribution in [2.75, 3.05) is 26.2 Å². The van der Waals surface area contributed by atoms with Crippen LogP contribution < -0.4 is 19.1 Å². The number of para-hydroxylation sites is 1. The molecule has 38 heavy (non-hydrogen) atoms. The van der Waals surface area contributed by atoms with E-state index in [1.54, 1.807) is 21.3 Å². The summed E-state index contributed by atoms with van der Waals surface area (Å²) in [6.07, 6.45) is 1.48. The molecule has 2 heterocycles. The zero-order valence-corrected chi connectivity index (χ0v) is 22.9. The number of amides is 1. The molecule has 2 aliphatic rings. The molecule has 3 aromatic carbocycles. The minimum absolute atomic E-state index is 0.0393. The fourth-order valence-corrected chi connectivity index (χ4v) is 5.85. The topological polar surface area (TPSA) is 60.4 Å². The highest BCUT2D eigenvalue weighted by Gasteiger charge is 2.48. The van der Waals surface area contributed by atoms with Crippen molar-refractivity contribution < 1.29 is 19.0 Å². The van der Waals surface area contributed by atoms with Crippen LogP contribution in [-0.4, -0.2) is 38.5 Å². The Labute approximate surface area is 224 Å². The number of nitrogens with zero attached hydrogens (tertiary/aromatic N) is 2. The number of hydrogen-bond acceptors (Lipinski definition) is 5. The number of carbonyl (C=O) groups is 1. The number of carbonyl (C=O) groups excluding carboxylic acids is 1. The minimum Gasteiger partial charge on any atom is -0.493 e. The number of ether oxygens (including phenoxy) is 3. The summed E-state index contributed by atoms with van der Waals surface area (Å²) in [6.45, 7) is 10.9. The molecule has 0 bridgehead atoms. The molecule has 0 aliphatic carbocycles. The molecule has 0 aromatic heterocycles. The first-order valence-electron chi connectivity index (χ1n) is 12.8. The van der Waals surface area contributed by atoms with Crippen molar-refractivity contribution in [3.05, 3.63) is 83.4 Å². The molecule has 6 heteroatoms. The number of hydrogen-bond donors (Lipinski definition) is 0. The minimum atomic E-state index is -0.298. The normalized spacial score (nSPS) is 18.4. The van der Waals surface area contributed by atoms with E-state index < -0.39 is 0 Å². The highest BCUT2D eigenvalue weighted by atomic mass is 16.5. The van der Waals surface area contributed by atoms with Crippen LogP contribution in [0.1, 0.15) is 55.4 Å². The lowest BCUT2D eigenvalue weighted by Gasteiger charge is -2.43. The second-order valence-electron chi connectivity index (χ2n) is 10.6. The monoisotopic (exact) mass is 510 g/mol. The second-order valence-corrected chi connectivity index (χ2v) is 10.6. The van der Waals surface area contributed by atoms with Crippen molar-refractivity contribution >= 4 is 28.6 Å². The first-order valence-corrected chi connectivity index (χ1v) is 12.8. The maximum Gasteiger partial charge on any atom is 0.278 e. The van der Waals surface area contributed by atoms with Crippen molar-refractivity contribution in [1.82, 2.24) is 0 Å². The van der Waals surface area contributed by atoms with Gasteiger partial charge in [-0.1, -0.05) is 37.8 Å². The molecule has 1 amide bonds. The Morgan fingerprint density at radius 2 is 1.68 bits per heavy atom. The van der Waals surface area contributed by atoms with Crippen molar-refractivity contribution in [2.24, 2.45) is 4.99 Å². The van der Waals surface area contributed by atoms with E-state index in [1.165, 1.54) is 5.56 Å². The maximum absolute atomic E-state index is 13.8. The summed E-state index contributed by atoms with van der Waals surface area (Å²) >= 11 is 0. The molecule has 3 aromatic rings. The predicted octanol–water partition coefficient (Wildman–Crippen LogP) is 6.72. The van der Waals surface area contributed by atoms with Gasteiger partial charge in [0.2, 0.25) is 5.75 Å². The zero-order valence-electron chi connectivity index (χ0n) is 22.9. The molecule has 5 rings (SSSR count).